The van der Waals surface area contributed by atoms with Crippen LogP contribution in [0.3, 0.4) is 0 Å². The Morgan fingerprint density at radius 2 is 0.652 bits per heavy atom. The van der Waals surface area contributed by atoms with E-state index in [0.29, 0.717) is 12.0 Å². The summed E-state index contributed by atoms with van der Waals surface area (Å²) in [5.41, 5.74) is 51.7. The number of primary amides is 2. The van der Waals surface area contributed by atoms with Gasteiger partial charge in [-0.15, -0.1) is 0 Å². The lowest BCUT2D eigenvalue weighted by atomic mass is 10.0. The van der Waals surface area contributed by atoms with Crippen LogP contribution < -0.4 is 153 Å². The summed E-state index contributed by atoms with van der Waals surface area (Å²) in [5.74, 6) is -21.1. The molecule has 0 radical (unpaired) electrons. The van der Waals surface area contributed by atoms with E-state index in [2.05, 4.69) is 101 Å². The fourth-order valence-electron chi connectivity index (χ4n) is 12.8. The van der Waals surface area contributed by atoms with Gasteiger partial charge in [-0.3, -0.25) is 103 Å². The van der Waals surface area contributed by atoms with Gasteiger partial charge < -0.3 is 168 Å². The number of aliphatic carboxylic acids is 1. The predicted molar refractivity (Wildman–Crippen MR) is 489 cm³/mol. The van der Waals surface area contributed by atoms with Gasteiger partial charge in [-0.1, -0.05) is 60.7 Å². The quantitative estimate of drug-likeness (QED) is 0.0166. The Balaban J connectivity index is 2.39. The minimum atomic E-state index is -1.88. The number of carbonyl (C=O) groups is 19. The molecule has 2 rings (SSSR count). The lowest BCUT2D eigenvalue weighted by Crippen LogP contribution is -2.61. The van der Waals surface area contributed by atoms with Crippen LogP contribution in [0.4, 0.5) is 0 Å². The smallest absolute Gasteiger partial charge is 0.326 e. The molecule has 0 saturated heterocycles. The molecule has 135 heavy (non-hydrogen) atoms. The maximum atomic E-state index is 14.6. The molecule has 15 atom stereocenters. The molecule has 0 bridgehead atoms. The minimum Gasteiger partial charge on any atom is -0.480 e. The molecule has 0 fully saturated rings. The van der Waals surface area contributed by atoms with Crippen LogP contribution in [0.25, 0.3) is 0 Å². The third-order valence-corrected chi connectivity index (χ3v) is 20.2. The number of carbonyl (C=O) groups excluding carboxylic acids is 18. The van der Waals surface area contributed by atoms with Crippen molar-refractivity contribution in [2.45, 2.75) is 240 Å². The van der Waals surface area contributed by atoms with Gasteiger partial charge in [-0.05, 0) is 161 Å². The molecule has 2 aromatic carbocycles. The average Bonchev–Trinajstić information content (AvgIpc) is 0.862. The van der Waals surface area contributed by atoms with Gasteiger partial charge in [0.2, 0.25) is 106 Å². The van der Waals surface area contributed by atoms with E-state index < -0.39 is 266 Å². The average molecular weight is 1910 g/mol. The van der Waals surface area contributed by atoms with Gasteiger partial charge in [0.25, 0.3) is 0 Å². The monoisotopic (exact) mass is 1910 g/mol. The molecule has 43 N–H and O–H groups in total. The van der Waals surface area contributed by atoms with Crippen molar-refractivity contribution in [2.75, 3.05) is 65.5 Å². The second-order valence-corrected chi connectivity index (χ2v) is 31.6. The third-order valence-electron chi connectivity index (χ3n) is 20.2. The number of guanidine groups is 3. The van der Waals surface area contributed by atoms with Crippen LogP contribution >= 0.6 is 0 Å². The highest BCUT2D eigenvalue weighted by Gasteiger charge is 2.38. The van der Waals surface area contributed by atoms with Crippen LogP contribution in [0, 0.1) is 16.2 Å². The Bertz CT molecular complexity index is 4270. The van der Waals surface area contributed by atoms with Gasteiger partial charge in [0.05, 0.1) is 44.8 Å². The van der Waals surface area contributed by atoms with Crippen LogP contribution in [0.15, 0.2) is 60.7 Å². The number of aliphatic hydroxyl groups excluding tert-OH is 2. The number of nitrogens with one attached hydrogen (secondary N) is 22. The fraction of sp³-hybridized carbons (Fsp3) is 0.585. The summed E-state index contributed by atoms with van der Waals surface area (Å²) in [6.45, 7) is 0.514. The molecule has 53 nitrogen and oxygen atoms in total. The number of carboxylic acid groups (broad SMARTS) is 1. The van der Waals surface area contributed by atoms with E-state index in [1.54, 1.807) is 60.7 Å². The zero-order valence-electron chi connectivity index (χ0n) is 75.9. The van der Waals surface area contributed by atoms with Gasteiger partial charge >= 0.3 is 5.97 Å². The Morgan fingerprint density at radius 3 is 1.03 bits per heavy atom. The normalized spacial score (nSPS) is 14.2. The highest BCUT2D eigenvalue weighted by atomic mass is 16.4. The standard InChI is InChI=1S/C82H137N31O22/c1-44(101-63(119)42-100-78(133)65(46(3)115)113-76(131)57(38-48-21-8-5-9-22-48)103-64(120)41-98-62(118)40-99-68(123)49(86)37-47-19-6-4-7-20-47)66(121)104-53(26-16-34-95-80(89)90)70(125)108-52(25-12-15-33-85)74(129)112-59(43-114)77(132)102-45(2)67(122)105-54(27-17-35-96-81(91)92)71(126)106-50(23-10-13-31-83)69(124)109-55(28-18-36-97-82(93)94)72(127)107-51(24-11-14-32-84)73(128)111-58(39-61(88)117)75(130)110-56(79(134)135)29-30-60(87)116/h4-9,19-22,44-46,49-59,65,114-115H,10-18,23-43,83-86H2,1-3H3,(H2,87,116)(H2,88,117)(H,98,118)(H,99,123)(H,100,133)(H,101,119)(H,102,132)(H,103,120)(H,104,121)(H,105,122)(H,106,126)(H,107,127)(H,108,125)(H,109,124)(H,110,130)(H,111,128)(H,112,129)(H,113,131)(H,134,135)(H4,89,90,95)(H4,91,92,96)(H4,93,94,97)/t44-,45-,46+,49-,50-,51-,52-,53-,54-,55-,56-,57-,58-,59-,65-/m0/s1. The lowest BCUT2D eigenvalue weighted by molar-refractivity contribution is -0.143. The van der Waals surface area contributed by atoms with Crippen molar-refractivity contribution in [3.63, 3.8) is 0 Å². The van der Waals surface area contributed by atoms with Crippen LogP contribution in [0.5, 0.6) is 0 Å². The summed E-state index contributed by atoms with van der Waals surface area (Å²) in [4.78, 5) is 257. The Labute approximate surface area is 779 Å². The molecule has 0 heterocycles. The summed E-state index contributed by atoms with van der Waals surface area (Å²) in [6.07, 6.45) is -3.30. The number of aliphatic hydroxyl groups is 2. The first-order chi connectivity index (χ1) is 63.9. The summed E-state index contributed by atoms with van der Waals surface area (Å²) in [6, 6.07) is -4.91. The van der Waals surface area contributed by atoms with E-state index >= 15 is 0 Å². The maximum absolute atomic E-state index is 14.6. The molecule has 752 valence electrons. The van der Waals surface area contributed by atoms with Crippen LogP contribution in [-0.4, -0.2) is 302 Å². The number of carboxylic acids is 1. The second kappa shape index (κ2) is 64.7. The molecule has 0 unspecified atom stereocenters. The van der Waals surface area contributed by atoms with Gasteiger partial charge in [-0.25, -0.2) is 4.79 Å². The summed E-state index contributed by atoms with van der Waals surface area (Å²) < 4.78 is 0. The highest BCUT2D eigenvalue weighted by molar-refractivity contribution is 6.01. The zero-order valence-corrected chi connectivity index (χ0v) is 75.9. The van der Waals surface area contributed by atoms with E-state index in [1.165, 1.54) is 6.92 Å². The third kappa shape index (κ3) is 49.3. The molecule has 0 aliphatic heterocycles. The fourth-order valence-corrected chi connectivity index (χ4v) is 12.8. The van der Waals surface area contributed by atoms with Crippen LogP contribution in [0.2, 0.25) is 0 Å². The molecule has 53 heteroatoms. The van der Waals surface area contributed by atoms with Crippen LogP contribution in [0.1, 0.15) is 147 Å². The number of nitrogens with two attached hydrogens (primary N) is 9. The molecule has 0 spiro atoms. The number of amides is 18. The van der Waals surface area contributed by atoms with Crippen molar-refractivity contribution < 1.29 is 106 Å². The first-order valence-electron chi connectivity index (χ1n) is 43.9. The molecule has 2 aromatic rings. The van der Waals surface area contributed by atoms with Crippen molar-refractivity contribution >= 4 is 130 Å². The molecule has 0 aliphatic rings. The number of hydrogen-bond donors (Lipinski definition) is 34. The van der Waals surface area contributed by atoms with Crippen molar-refractivity contribution in [3.05, 3.63) is 71.8 Å². The SMILES string of the molecule is C[C@H](NC(=O)CNC(=O)[C@@H](NC(=O)[C@H](Cc1ccccc1)NC(=O)CNC(=O)CNC(=O)[C@@H](N)Cc1ccccc1)[C@@H](C)O)C(=O)N[C@@H](CCCNC(=N)N)C(=O)N[C@@H](CCCCN)C(=O)N[C@@H](CO)C(=O)N[C@@H](C)C(=O)N[C@@H](CCCNC(=N)N)C(=O)N[C@@H](CCCCN)C(=O)N[C@@H](CCCNC(=N)N)C(=O)N[C@@H](CCCCN)C(=O)N[C@@H](CC(N)=O)C(=O)N[C@@H](CCC(N)=O)C(=O)O. The first-order valence-corrected chi connectivity index (χ1v) is 43.9. The molecule has 0 aromatic heterocycles. The second-order valence-electron chi connectivity index (χ2n) is 31.6. The van der Waals surface area contributed by atoms with Crippen molar-refractivity contribution in [1.82, 2.24) is 101 Å². The number of rotatable bonds is 68. The summed E-state index contributed by atoms with van der Waals surface area (Å²) in [7, 11) is 0. The summed E-state index contributed by atoms with van der Waals surface area (Å²) >= 11 is 0. The first kappa shape index (κ1) is 117. The summed E-state index contributed by atoms with van der Waals surface area (Å²) in [5, 5.41) is 100. The number of unbranched alkanes of at least 4 members (excludes halogenated alkanes) is 3. The van der Waals surface area contributed by atoms with Crippen molar-refractivity contribution in [3.8, 4) is 0 Å². The molecule has 0 saturated carbocycles. The van der Waals surface area contributed by atoms with Crippen LogP contribution in [-0.2, 0) is 104 Å². The van der Waals surface area contributed by atoms with Gasteiger partial charge in [0.15, 0.2) is 17.9 Å². The van der Waals surface area contributed by atoms with Crippen molar-refractivity contribution in [1.29, 1.82) is 16.2 Å². The minimum absolute atomic E-state index is 0.00148. The van der Waals surface area contributed by atoms with Gasteiger partial charge in [-0.2, -0.15) is 0 Å². The predicted octanol–water partition coefficient (Wildman–Crippen LogP) is -12.7. The molecule has 0 aliphatic carbocycles. The zero-order chi connectivity index (χ0) is 101. The van der Waals surface area contributed by atoms with Gasteiger partial charge in [0.1, 0.15) is 78.5 Å². The highest BCUT2D eigenvalue weighted by Crippen LogP contribution is 2.14. The van der Waals surface area contributed by atoms with E-state index in [1.807, 2.05) is 0 Å². The topological polar surface area (TPSA) is 919 Å². The van der Waals surface area contributed by atoms with E-state index in [0.717, 1.165) is 19.4 Å². The largest absolute Gasteiger partial charge is 0.480 e. The molecular formula is C82H137N31O22. The molecule has 18 amide bonds. The molecular weight excluding hydrogens is 1770 g/mol. The van der Waals surface area contributed by atoms with E-state index in [-0.39, 0.29) is 142 Å². The number of hydrogen-bond acceptors (Lipinski definition) is 28. The van der Waals surface area contributed by atoms with Gasteiger partial charge in [0, 0.05) is 32.5 Å². The Morgan fingerprint density at radius 1 is 0.326 bits per heavy atom. The maximum Gasteiger partial charge on any atom is 0.326 e. The van der Waals surface area contributed by atoms with Crippen molar-refractivity contribution in [2.24, 2.45) is 51.6 Å². The van der Waals surface area contributed by atoms with E-state index in [9.17, 15) is 106 Å². The Hall–Kier alpha value is -14.1. The Kier molecular flexibility index (Phi) is 56.1. The lowest BCUT2D eigenvalue weighted by Gasteiger charge is -2.28. The number of benzene rings is 2. The van der Waals surface area contributed by atoms with E-state index in [4.69, 9.17) is 67.8 Å².